The Morgan fingerprint density at radius 3 is 2.48 bits per heavy atom. The van der Waals surface area contributed by atoms with Gasteiger partial charge < -0.3 is 5.32 Å². The van der Waals surface area contributed by atoms with Crippen LogP contribution in [0.25, 0.3) is 0 Å². The Morgan fingerprint density at radius 2 is 1.77 bits per heavy atom. The molecule has 1 N–H and O–H groups in total. The van der Waals surface area contributed by atoms with E-state index in [2.05, 4.69) is 5.32 Å². The van der Waals surface area contributed by atoms with Crippen molar-refractivity contribution in [1.29, 1.82) is 0 Å². The van der Waals surface area contributed by atoms with Gasteiger partial charge in [0.1, 0.15) is 17.0 Å². The highest BCUT2D eigenvalue weighted by Crippen LogP contribution is 2.42. The molecule has 31 heavy (non-hydrogen) atoms. The molecule has 3 aromatic rings. The zero-order valence-corrected chi connectivity index (χ0v) is 17.4. The number of thioether (sulfide) groups is 1. The van der Waals surface area contributed by atoms with E-state index in [1.165, 1.54) is 22.7 Å². The first-order valence-electron chi connectivity index (χ1n) is 9.84. The van der Waals surface area contributed by atoms with E-state index in [9.17, 15) is 18.4 Å². The number of anilines is 2. The van der Waals surface area contributed by atoms with Crippen LogP contribution in [0.4, 0.5) is 20.2 Å². The average Bonchev–Trinajstić information content (AvgIpc) is 3.15. The molecular weight excluding hydrogens is 418 g/mol. The zero-order chi connectivity index (χ0) is 21.8. The quantitative estimate of drug-likeness (QED) is 0.567. The average molecular weight is 438 g/mol. The molecule has 0 aromatic heterocycles. The molecule has 1 heterocycles. The van der Waals surface area contributed by atoms with E-state index in [-0.39, 0.29) is 23.3 Å². The second-order valence-corrected chi connectivity index (χ2v) is 8.25. The molecule has 1 aliphatic heterocycles. The number of benzene rings is 3. The fourth-order valence-corrected chi connectivity index (χ4v) is 4.63. The summed E-state index contributed by atoms with van der Waals surface area (Å²) in [5.41, 5.74) is 2.60. The fourth-order valence-electron chi connectivity index (χ4n) is 3.46. The Bertz CT molecular complexity index is 1090. The van der Waals surface area contributed by atoms with E-state index in [1.807, 2.05) is 30.3 Å². The molecule has 7 heteroatoms. The first kappa shape index (κ1) is 21.1. The minimum Gasteiger partial charge on any atom is -0.326 e. The predicted octanol–water partition coefficient (Wildman–Crippen LogP) is 5.31. The number of nitrogens with zero attached hydrogens (tertiary/aromatic N) is 1. The van der Waals surface area contributed by atoms with E-state index < -0.39 is 17.0 Å². The van der Waals surface area contributed by atoms with Crippen molar-refractivity contribution in [3.05, 3.63) is 95.6 Å². The van der Waals surface area contributed by atoms with Crippen LogP contribution in [0.3, 0.4) is 0 Å². The lowest BCUT2D eigenvalue weighted by atomic mass is 10.1. The lowest BCUT2D eigenvalue weighted by molar-refractivity contribution is -0.116. The molecule has 0 radical (unpaired) electrons. The highest BCUT2D eigenvalue weighted by atomic mass is 32.2. The van der Waals surface area contributed by atoms with Gasteiger partial charge in [-0.3, -0.25) is 14.5 Å². The van der Waals surface area contributed by atoms with Crippen LogP contribution < -0.4 is 10.2 Å². The minimum absolute atomic E-state index is 0.0553. The van der Waals surface area contributed by atoms with Gasteiger partial charge in [0.15, 0.2) is 0 Å². The molecule has 158 valence electrons. The molecule has 3 aromatic carbocycles. The van der Waals surface area contributed by atoms with Gasteiger partial charge in [-0.25, -0.2) is 8.78 Å². The molecule has 0 spiro atoms. The number of halogens is 2. The second-order valence-electron chi connectivity index (χ2n) is 7.18. The number of carbonyl (C=O) groups is 2. The number of carbonyl (C=O) groups excluding carboxylic acids is 2. The summed E-state index contributed by atoms with van der Waals surface area (Å²) in [6, 6.07) is 20.1. The van der Waals surface area contributed by atoms with Crippen LogP contribution in [0.2, 0.25) is 0 Å². The summed E-state index contributed by atoms with van der Waals surface area (Å²) < 4.78 is 27.5. The SMILES string of the molecule is O=C(CCc1ccccc1)Nc1ccc([C@H]2SCC(=O)N2c2ccc(F)cc2F)cc1. The van der Waals surface area contributed by atoms with Crippen LogP contribution in [0.1, 0.15) is 22.9 Å². The summed E-state index contributed by atoms with van der Waals surface area (Å²) >= 11 is 1.37. The summed E-state index contributed by atoms with van der Waals surface area (Å²) in [7, 11) is 0. The monoisotopic (exact) mass is 438 g/mol. The number of aryl methyl sites for hydroxylation is 1. The lowest BCUT2D eigenvalue weighted by Crippen LogP contribution is -2.28. The number of hydrogen-bond donors (Lipinski definition) is 1. The van der Waals surface area contributed by atoms with Crippen molar-refractivity contribution >= 4 is 35.0 Å². The van der Waals surface area contributed by atoms with Crippen LogP contribution in [-0.2, 0) is 16.0 Å². The number of hydrogen-bond acceptors (Lipinski definition) is 3. The smallest absolute Gasteiger partial charge is 0.238 e. The normalized spacial score (nSPS) is 15.9. The van der Waals surface area contributed by atoms with Gasteiger partial charge in [0, 0.05) is 18.2 Å². The summed E-state index contributed by atoms with van der Waals surface area (Å²) in [6.07, 6.45) is 1.03. The van der Waals surface area contributed by atoms with Crippen LogP contribution >= 0.6 is 11.8 Å². The summed E-state index contributed by atoms with van der Waals surface area (Å²) in [6.45, 7) is 0. The Morgan fingerprint density at radius 1 is 1.03 bits per heavy atom. The maximum atomic E-state index is 14.3. The lowest BCUT2D eigenvalue weighted by Gasteiger charge is -2.25. The Hall–Kier alpha value is -3.19. The highest BCUT2D eigenvalue weighted by Gasteiger charge is 2.35. The third-order valence-electron chi connectivity index (χ3n) is 5.00. The molecule has 0 unspecified atom stereocenters. The fraction of sp³-hybridized carbons (Fsp3) is 0.167. The largest absolute Gasteiger partial charge is 0.326 e. The molecule has 0 bridgehead atoms. The van der Waals surface area contributed by atoms with Crippen molar-refractivity contribution in [3.8, 4) is 0 Å². The first-order chi connectivity index (χ1) is 15.0. The Labute approximate surface area is 183 Å². The minimum atomic E-state index is -0.775. The van der Waals surface area contributed by atoms with Crippen molar-refractivity contribution in [2.24, 2.45) is 0 Å². The van der Waals surface area contributed by atoms with Gasteiger partial charge in [0.2, 0.25) is 11.8 Å². The molecule has 0 aliphatic carbocycles. The van der Waals surface area contributed by atoms with Crippen LogP contribution in [0, 0.1) is 11.6 Å². The molecule has 4 rings (SSSR count). The van der Waals surface area contributed by atoms with E-state index in [0.29, 0.717) is 18.5 Å². The highest BCUT2D eigenvalue weighted by molar-refractivity contribution is 8.00. The summed E-state index contributed by atoms with van der Waals surface area (Å²) in [5, 5.41) is 2.45. The molecular formula is C24H20F2N2O2S. The number of nitrogens with one attached hydrogen (secondary N) is 1. The standard InChI is InChI=1S/C24H20F2N2O2S/c25-18-9-12-21(20(26)14-18)28-23(30)15-31-24(28)17-7-10-19(11-8-17)27-22(29)13-6-16-4-2-1-3-5-16/h1-5,7-12,14,24H,6,13,15H2,(H,27,29)/t24-/m1/s1. The van der Waals surface area contributed by atoms with E-state index in [4.69, 9.17) is 0 Å². The molecule has 1 atom stereocenters. The Kier molecular flexibility index (Phi) is 6.32. The molecule has 0 saturated carbocycles. The maximum Gasteiger partial charge on any atom is 0.238 e. The molecule has 4 nitrogen and oxygen atoms in total. The summed E-state index contributed by atoms with van der Waals surface area (Å²) in [4.78, 5) is 26.0. The van der Waals surface area contributed by atoms with Crippen molar-refractivity contribution < 1.29 is 18.4 Å². The summed E-state index contributed by atoms with van der Waals surface area (Å²) in [5.74, 6) is -1.58. The van der Waals surface area contributed by atoms with Gasteiger partial charge in [-0.05, 0) is 41.8 Å². The van der Waals surface area contributed by atoms with Crippen molar-refractivity contribution in [3.63, 3.8) is 0 Å². The topological polar surface area (TPSA) is 49.4 Å². The van der Waals surface area contributed by atoms with Crippen LogP contribution in [-0.4, -0.2) is 17.6 Å². The van der Waals surface area contributed by atoms with Crippen molar-refractivity contribution in [1.82, 2.24) is 0 Å². The Balaban J connectivity index is 1.43. The van der Waals surface area contributed by atoms with Crippen LogP contribution in [0.15, 0.2) is 72.8 Å². The zero-order valence-electron chi connectivity index (χ0n) is 16.6. The van der Waals surface area contributed by atoms with Gasteiger partial charge in [0.25, 0.3) is 0 Å². The van der Waals surface area contributed by atoms with Gasteiger partial charge in [0.05, 0.1) is 11.4 Å². The molecule has 2 amide bonds. The predicted molar refractivity (Wildman–Crippen MR) is 119 cm³/mol. The molecule has 1 fully saturated rings. The maximum absolute atomic E-state index is 14.3. The van der Waals surface area contributed by atoms with Gasteiger partial charge in [-0.2, -0.15) is 0 Å². The van der Waals surface area contributed by atoms with Gasteiger partial charge >= 0.3 is 0 Å². The molecule has 1 aliphatic rings. The number of amides is 2. The van der Waals surface area contributed by atoms with Crippen molar-refractivity contribution in [2.45, 2.75) is 18.2 Å². The number of rotatable bonds is 6. The van der Waals surface area contributed by atoms with Gasteiger partial charge in [-0.15, -0.1) is 11.8 Å². The van der Waals surface area contributed by atoms with Gasteiger partial charge in [-0.1, -0.05) is 42.5 Å². The first-order valence-corrected chi connectivity index (χ1v) is 10.9. The van der Waals surface area contributed by atoms with Crippen molar-refractivity contribution in [2.75, 3.05) is 16.0 Å². The van der Waals surface area contributed by atoms with Crippen LogP contribution in [0.5, 0.6) is 0 Å². The van der Waals surface area contributed by atoms with E-state index >= 15 is 0 Å². The third-order valence-corrected chi connectivity index (χ3v) is 6.21. The van der Waals surface area contributed by atoms with E-state index in [1.54, 1.807) is 24.3 Å². The molecule has 1 saturated heterocycles. The third kappa shape index (κ3) is 4.94. The second kappa shape index (κ2) is 9.31. The van der Waals surface area contributed by atoms with E-state index in [0.717, 1.165) is 23.3 Å².